The second kappa shape index (κ2) is 8.47. The molecule has 0 aromatic carbocycles. The van der Waals surface area contributed by atoms with Crippen molar-refractivity contribution >= 4 is 26.0 Å². The number of ether oxygens (including phenoxy) is 2. The predicted molar refractivity (Wildman–Crippen MR) is 74.6 cm³/mol. The van der Waals surface area contributed by atoms with Gasteiger partial charge in [-0.25, -0.2) is 12.7 Å². The van der Waals surface area contributed by atoms with Crippen LogP contribution in [0.25, 0.3) is 0 Å². The summed E-state index contributed by atoms with van der Waals surface area (Å²) in [5.41, 5.74) is 0. The molecule has 1 heterocycles. The zero-order valence-electron chi connectivity index (χ0n) is 10.8. The fraction of sp³-hybridized carbons (Fsp3) is 1.00. The topological polar surface area (TPSA) is 55.8 Å². The van der Waals surface area contributed by atoms with Gasteiger partial charge in [-0.1, -0.05) is 15.9 Å². The average Bonchev–Trinajstić information content (AvgIpc) is 2.37. The predicted octanol–water partition coefficient (Wildman–Crippen LogP) is 1.23. The lowest BCUT2D eigenvalue weighted by atomic mass is 10.1. The third kappa shape index (κ3) is 5.52. The molecule has 0 bridgehead atoms. The molecule has 0 unspecified atom stereocenters. The standard InChI is InChI=1S/C11H22BrNO4S/c1-16-8-2-10-18(14,15)13-6-3-11(4-7-13)17-9-5-12/h11H,2-10H2,1H3. The Kier molecular flexibility index (Phi) is 7.70. The van der Waals surface area contributed by atoms with E-state index in [1.54, 1.807) is 11.4 Å². The summed E-state index contributed by atoms with van der Waals surface area (Å²) in [5, 5.41) is 0.822. The molecular weight excluding hydrogens is 322 g/mol. The Bertz CT molecular complexity index is 315. The van der Waals surface area contributed by atoms with E-state index >= 15 is 0 Å². The molecule has 0 spiro atoms. The van der Waals surface area contributed by atoms with Crippen LogP contribution in [0.5, 0.6) is 0 Å². The molecular formula is C11H22BrNO4S. The summed E-state index contributed by atoms with van der Waals surface area (Å²) in [7, 11) is -1.53. The van der Waals surface area contributed by atoms with Crippen molar-refractivity contribution in [1.82, 2.24) is 4.31 Å². The van der Waals surface area contributed by atoms with Crippen LogP contribution in [0.4, 0.5) is 0 Å². The van der Waals surface area contributed by atoms with Gasteiger partial charge in [0.15, 0.2) is 0 Å². The van der Waals surface area contributed by atoms with E-state index in [1.807, 2.05) is 0 Å². The highest BCUT2D eigenvalue weighted by molar-refractivity contribution is 9.09. The highest BCUT2D eigenvalue weighted by Gasteiger charge is 2.27. The molecule has 0 saturated carbocycles. The number of hydrogen-bond donors (Lipinski definition) is 0. The number of halogens is 1. The molecule has 0 aliphatic carbocycles. The molecule has 1 rings (SSSR count). The van der Waals surface area contributed by atoms with Crippen molar-refractivity contribution in [2.45, 2.75) is 25.4 Å². The number of piperidine rings is 1. The Labute approximate surface area is 118 Å². The van der Waals surface area contributed by atoms with Crippen molar-refractivity contribution in [1.29, 1.82) is 0 Å². The lowest BCUT2D eigenvalue weighted by Gasteiger charge is -2.31. The maximum Gasteiger partial charge on any atom is 0.214 e. The first-order chi connectivity index (χ1) is 8.60. The molecule has 0 aromatic heterocycles. The third-order valence-corrected chi connectivity index (χ3v) is 5.26. The summed E-state index contributed by atoms with van der Waals surface area (Å²) in [6, 6.07) is 0. The molecule has 1 fully saturated rings. The minimum Gasteiger partial charge on any atom is -0.385 e. The lowest BCUT2D eigenvalue weighted by Crippen LogP contribution is -2.42. The van der Waals surface area contributed by atoms with E-state index in [9.17, 15) is 8.42 Å². The van der Waals surface area contributed by atoms with Gasteiger partial charge >= 0.3 is 0 Å². The van der Waals surface area contributed by atoms with Crippen LogP contribution in [0.15, 0.2) is 0 Å². The molecule has 0 aromatic rings. The van der Waals surface area contributed by atoms with Crippen LogP contribution in [0.2, 0.25) is 0 Å². The van der Waals surface area contributed by atoms with Gasteiger partial charge in [0, 0.05) is 32.1 Å². The first kappa shape index (κ1) is 16.4. The van der Waals surface area contributed by atoms with Crippen molar-refractivity contribution in [3.8, 4) is 0 Å². The minimum absolute atomic E-state index is 0.174. The van der Waals surface area contributed by atoms with E-state index in [0.717, 1.165) is 18.2 Å². The van der Waals surface area contributed by atoms with E-state index in [1.165, 1.54) is 0 Å². The van der Waals surface area contributed by atoms with Crippen molar-refractivity contribution in [3.05, 3.63) is 0 Å². The Hall–Kier alpha value is 0.310. The van der Waals surface area contributed by atoms with Gasteiger partial charge < -0.3 is 9.47 Å². The van der Waals surface area contributed by atoms with Crippen molar-refractivity contribution in [2.75, 3.05) is 44.5 Å². The molecule has 0 amide bonds. The van der Waals surface area contributed by atoms with Gasteiger partial charge in [0.2, 0.25) is 10.0 Å². The van der Waals surface area contributed by atoms with Gasteiger partial charge in [0.05, 0.1) is 18.5 Å². The second-order valence-electron chi connectivity index (χ2n) is 4.32. The fourth-order valence-electron chi connectivity index (χ4n) is 2.00. The van der Waals surface area contributed by atoms with E-state index in [2.05, 4.69) is 15.9 Å². The van der Waals surface area contributed by atoms with Crippen LogP contribution in [-0.2, 0) is 19.5 Å². The molecule has 7 heteroatoms. The summed E-state index contributed by atoms with van der Waals surface area (Å²) < 4.78 is 36.1. The monoisotopic (exact) mass is 343 g/mol. The zero-order chi connectivity index (χ0) is 13.4. The van der Waals surface area contributed by atoms with Crippen molar-refractivity contribution in [2.24, 2.45) is 0 Å². The molecule has 1 aliphatic heterocycles. The molecule has 18 heavy (non-hydrogen) atoms. The maximum absolute atomic E-state index is 12.0. The molecule has 108 valence electrons. The molecule has 0 atom stereocenters. The van der Waals surface area contributed by atoms with Crippen LogP contribution in [0.3, 0.4) is 0 Å². The lowest BCUT2D eigenvalue weighted by molar-refractivity contribution is 0.0309. The molecule has 1 aliphatic rings. The van der Waals surface area contributed by atoms with Gasteiger partial charge in [-0.2, -0.15) is 0 Å². The first-order valence-corrected chi connectivity index (χ1v) is 8.97. The van der Waals surface area contributed by atoms with Crippen LogP contribution >= 0.6 is 15.9 Å². The molecule has 1 saturated heterocycles. The van der Waals surface area contributed by atoms with Gasteiger partial charge in [-0.15, -0.1) is 0 Å². The van der Waals surface area contributed by atoms with Crippen LogP contribution < -0.4 is 0 Å². The summed E-state index contributed by atoms with van der Waals surface area (Å²) in [4.78, 5) is 0. The Morgan fingerprint density at radius 2 is 1.94 bits per heavy atom. The van der Waals surface area contributed by atoms with Gasteiger partial charge in [0.25, 0.3) is 0 Å². The Balaban J connectivity index is 2.32. The second-order valence-corrected chi connectivity index (χ2v) is 7.20. The van der Waals surface area contributed by atoms with E-state index in [-0.39, 0.29) is 11.9 Å². The largest absolute Gasteiger partial charge is 0.385 e. The average molecular weight is 344 g/mol. The summed E-state index contributed by atoms with van der Waals surface area (Å²) in [5.74, 6) is 0.174. The highest BCUT2D eigenvalue weighted by Crippen LogP contribution is 2.17. The Morgan fingerprint density at radius 3 is 2.50 bits per heavy atom. The normalized spacial score (nSPS) is 19.2. The van der Waals surface area contributed by atoms with Gasteiger partial charge in [-0.05, 0) is 19.3 Å². The number of hydrogen-bond acceptors (Lipinski definition) is 4. The molecule has 5 nitrogen and oxygen atoms in total. The van der Waals surface area contributed by atoms with Crippen molar-refractivity contribution < 1.29 is 17.9 Å². The Morgan fingerprint density at radius 1 is 1.28 bits per heavy atom. The number of methoxy groups -OCH3 is 1. The summed E-state index contributed by atoms with van der Waals surface area (Å²) in [6.07, 6.45) is 2.33. The quantitative estimate of drug-likeness (QED) is 0.491. The van der Waals surface area contributed by atoms with Gasteiger partial charge in [-0.3, -0.25) is 0 Å². The van der Waals surface area contributed by atoms with E-state index in [4.69, 9.17) is 9.47 Å². The van der Waals surface area contributed by atoms with Crippen LogP contribution in [-0.4, -0.2) is 63.3 Å². The maximum atomic E-state index is 12.0. The zero-order valence-corrected chi connectivity index (χ0v) is 13.2. The number of rotatable bonds is 8. The minimum atomic E-state index is -3.11. The third-order valence-electron chi connectivity index (χ3n) is 2.98. The number of alkyl halides is 1. The molecule has 0 N–H and O–H groups in total. The smallest absolute Gasteiger partial charge is 0.214 e. The van der Waals surface area contributed by atoms with Crippen molar-refractivity contribution in [3.63, 3.8) is 0 Å². The summed E-state index contributed by atoms with van der Waals surface area (Å²) in [6.45, 7) is 2.32. The highest BCUT2D eigenvalue weighted by atomic mass is 79.9. The molecule has 0 radical (unpaired) electrons. The fourth-order valence-corrected chi connectivity index (χ4v) is 3.70. The van der Waals surface area contributed by atoms with Crippen LogP contribution in [0.1, 0.15) is 19.3 Å². The number of sulfonamides is 1. The van der Waals surface area contributed by atoms with Crippen LogP contribution in [0, 0.1) is 0 Å². The summed E-state index contributed by atoms with van der Waals surface area (Å²) >= 11 is 3.31. The first-order valence-electron chi connectivity index (χ1n) is 6.24. The van der Waals surface area contributed by atoms with E-state index in [0.29, 0.717) is 32.7 Å². The SMILES string of the molecule is COCCCS(=O)(=O)N1CCC(OCCBr)CC1. The van der Waals surface area contributed by atoms with Gasteiger partial charge in [0.1, 0.15) is 0 Å². The van der Waals surface area contributed by atoms with E-state index < -0.39 is 10.0 Å². The number of nitrogens with zero attached hydrogens (tertiary/aromatic N) is 1.